The Labute approximate surface area is 169 Å². The SMILES string of the molecule is Cc1c(C(=O)NC(C)(C)C)oc2c1/C(=N/NS(=O)(=O)c1ccc(F)cc1)CCC2. The van der Waals surface area contributed by atoms with Gasteiger partial charge in [0.2, 0.25) is 0 Å². The molecule has 0 aliphatic heterocycles. The van der Waals surface area contributed by atoms with Crippen LogP contribution in [-0.2, 0) is 16.4 Å². The molecule has 1 aliphatic carbocycles. The van der Waals surface area contributed by atoms with Crippen molar-refractivity contribution in [3.05, 3.63) is 52.7 Å². The number of fused-ring (bicyclic) bond motifs is 1. The third kappa shape index (κ3) is 4.67. The molecule has 1 aromatic heterocycles. The Morgan fingerprint density at radius 2 is 1.83 bits per heavy atom. The van der Waals surface area contributed by atoms with Crippen LogP contribution in [0.3, 0.4) is 0 Å². The van der Waals surface area contributed by atoms with Crippen LogP contribution in [-0.4, -0.2) is 25.6 Å². The Morgan fingerprint density at radius 1 is 1.17 bits per heavy atom. The first-order valence-corrected chi connectivity index (χ1v) is 10.8. The number of rotatable bonds is 4. The lowest BCUT2D eigenvalue weighted by molar-refractivity contribution is 0.0888. The fourth-order valence-corrected chi connectivity index (χ4v) is 4.01. The number of nitrogens with zero attached hydrogens (tertiary/aromatic N) is 1. The summed E-state index contributed by atoms with van der Waals surface area (Å²) in [6.45, 7) is 7.38. The molecule has 29 heavy (non-hydrogen) atoms. The average Bonchev–Trinajstić information content (AvgIpc) is 2.97. The molecule has 2 N–H and O–H groups in total. The van der Waals surface area contributed by atoms with E-state index in [0.717, 1.165) is 18.6 Å². The van der Waals surface area contributed by atoms with Crippen LogP contribution in [0.2, 0.25) is 0 Å². The molecule has 0 bridgehead atoms. The first-order valence-electron chi connectivity index (χ1n) is 9.27. The molecule has 0 atom stereocenters. The van der Waals surface area contributed by atoms with Gasteiger partial charge in [0.25, 0.3) is 15.9 Å². The molecule has 1 heterocycles. The van der Waals surface area contributed by atoms with Crippen molar-refractivity contribution in [2.24, 2.45) is 5.10 Å². The van der Waals surface area contributed by atoms with Gasteiger partial charge in [0, 0.05) is 23.1 Å². The lowest BCUT2D eigenvalue weighted by Gasteiger charge is -2.19. The van der Waals surface area contributed by atoms with E-state index in [2.05, 4.69) is 15.2 Å². The molecule has 1 aliphatic rings. The maximum absolute atomic E-state index is 13.0. The first-order chi connectivity index (χ1) is 13.5. The number of benzene rings is 1. The number of carbonyl (C=O) groups excluding carboxylic acids is 1. The second-order valence-corrected chi connectivity index (χ2v) is 9.68. The van der Waals surface area contributed by atoms with Crippen molar-refractivity contribution >= 4 is 21.6 Å². The van der Waals surface area contributed by atoms with Crippen molar-refractivity contribution in [1.82, 2.24) is 10.1 Å². The Kier molecular flexibility index (Phi) is 5.53. The van der Waals surface area contributed by atoms with Gasteiger partial charge in [0.15, 0.2) is 5.76 Å². The zero-order chi connectivity index (χ0) is 21.4. The summed E-state index contributed by atoms with van der Waals surface area (Å²) in [6.07, 6.45) is 1.90. The first kappa shape index (κ1) is 21.0. The van der Waals surface area contributed by atoms with Crippen LogP contribution in [0.5, 0.6) is 0 Å². The van der Waals surface area contributed by atoms with Crippen LogP contribution in [0, 0.1) is 12.7 Å². The minimum atomic E-state index is -3.94. The molecule has 2 aromatic rings. The molecule has 3 rings (SSSR count). The van der Waals surface area contributed by atoms with Crippen molar-refractivity contribution in [2.75, 3.05) is 0 Å². The highest BCUT2D eigenvalue weighted by Crippen LogP contribution is 2.30. The van der Waals surface area contributed by atoms with E-state index in [1.807, 2.05) is 20.8 Å². The molecule has 0 fully saturated rings. The Bertz CT molecular complexity index is 1060. The van der Waals surface area contributed by atoms with Crippen molar-refractivity contribution in [2.45, 2.75) is 57.4 Å². The summed E-state index contributed by atoms with van der Waals surface area (Å²) in [6, 6.07) is 4.48. The summed E-state index contributed by atoms with van der Waals surface area (Å²) in [5.41, 5.74) is 1.38. The van der Waals surface area contributed by atoms with Crippen LogP contribution in [0.1, 0.15) is 61.1 Å². The fourth-order valence-electron chi connectivity index (χ4n) is 3.18. The molecule has 7 nitrogen and oxygen atoms in total. The van der Waals surface area contributed by atoms with Gasteiger partial charge in [0.05, 0.1) is 10.6 Å². The molecule has 1 aromatic carbocycles. The zero-order valence-electron chi connectivity index (χ0n) is 16.8. The monoisotopic (exact) mass is 421 g/mol. The summed E-state index contributed by atoms with van der Waals surface area (Å²) < 4.78 is 43.7. The van der Waals surface area contributed by atoms with Gasteiger partial charge in [-0.1, -0.05) is 0 Å². The molecule has 0 unspecified atom stereocenters. The van der Waals surface area contributed by atoms with Gasteiger partial charge in [-0.3, -0.25) is 4.79 Å². The number of sulfonamides is 1. The quantitative estimate of drug-likeness (QED) is 0.740. The number of furan rings is 1. The topological polar surface area (TPSA) is 101 Å². The number of carbonyl (C=O) groups is 1. The van der Waals surface area contributed by atoms with Gasteiger partial charge < -0.3 is 9.73 Å². The van der Waals surface area contributed by atoms with E-state index in [0.29, 0.717) is 35.4 Å². The molecule has 0 saturated heterocycles. The highest BCUT2D eigenvalue weighted by Gasteiger charge is 2.29. The Balaban J connectivity index is 1.90. The van der Waals surface area contributed by atoms with Crippen molar-refractivity contribution < 1.29 is 22.0 Å². The van der Waals surface area contributed by atoms with E-state index in [4.69, 9.17) is 4.42 Å². The molecule has 1 amide bonds. The number of hydrogen-bond donors (Lipinski definition) is 2. The van der Waals surface area contributed by atoms with Crippen LogP contribution < -0.4 is 10.1 Å². The summed E-state index contributed by atoms with van der Waals surface area (Å²) in [5.74, 6) is -0.0219. The fraction of sp³-hybridized carbons (Fsp3) is 0.400. The van der Waals surface area contributed by atoms with E-state index in [9.17, 15) is 17.6 Å². The van der Waals surface area contributed by atoms with Crippen molar-refractivity contribution in [3.8, 4) is 0 Å². The van der Waals surface area contributed by atoms with E-state index >= 15 is 0 Å². The minimum Gasteiger partial charge on any atom is -0.455 e. The molecule has 0 spiro atoms. The maximum Gasteiger partial charge on any atom is 0.287 e. The summed E-state index contributed by atoms with van der Waals surface area (Å²) in [7, 11) is -3.94. The molecule has 0 radical (unpaired) electrons. The van der Waals surface area contributed by atoms with Gasteiger partial charge in [-0.05, 0) is 64.8 Å². The largest absolute Gasteiger partial charge is 0.455 e. The molecule has 156 valence electrons. The standard InChI is InChI=1S/C20H24FN3O4S/c1-12-17-15(23-24-29(26,27)14-10-8-13(21)9-11-14)6-5-7-16(17)28-18(12)19(25)22-20(2,3)4/h8-11,24H,5-7H2,1-4H3,(H,22,25)/b23-15+. The number of hydrogen-bond acceptors (Lipinski definition) is 5. The van der Waals surface area contributed by atoms with E-state index < -0.39 is 21.4 Å². The normalized spacial score (nSPS) is 15.8. The van der Waals surface area contributed by atoms with Gasteiger partial charge in [-0.2, -0.15) is 18.4 Å². The lowest BCUT2D eigenvalue weighted by Crippen LogP contribution is -2.40. The third-order valence-electron chi connectivity index (χ3n) is 4.45. The van der Waals surface area contributed by atoms with Gasteiger partial charge in [-0.15, -0.1) is 0 Å². The summed E-state index contributed by atoms with van der Waals surface area (Å²) >= 11 is 0. The number of aryl methyl sites for hydroxylation is 1. The van der Waals surface area contributed by atoms with Crippen molar-refractivity contribution in [3.63, 3.8) is 0 Å². The Hall–Kier alpha value is -2.68. The predicted molar refractivity (Wildman–Crippen MR) is 107 cm³/mol. The second kappa shape index (κ2) is 7.62. The number of hydrazone groups is 1. The average molecular weight is 421 g/mol. The highest BCUT2D eigenvalue weighted by atomic mass is 32.2. The van der Waals surface area contributed by atoms with Crippen molar-refractivity contribution in [1.29, 1.82) is 0 Å². The number of nitrogens with one attached hydrogen (secondary N) is 2. The van der Waals surface area contributed by atoms with E-state index in [-0.39, 0.29) is 16.6 Å². The zero-order valence-corrected chi connectivity index (χ0v) is 17.6. The maximum atomic E-state index is 13.0. The smallest absolute Gasteiger partial charge is 0.287 e. The van der Waals surface area contributed by atoms with Gasteiger partial charge >= 0.3 is 0 Å². The lowest BCUT2D eigenvalue weighted by atomic mass is 9.93. The minimum absolute atomic E-state index is 0.0894. The van der Waals surface area contributed by atoms with E-state index in [1.54, 1.807) is 6.92 Å². The molecular weight excluding hydrogens is 397 g/mol. The van der Waals surface area contributed by atoms with Gasteiger partial charge in [-0.25, -0.2) is 4.39 Å². The molecule has 0 saturated carbocycles. The van der Waals surface area contributed by atoms with Crippen LogP contribution in [0.15, 0.2) is 38.7 Å². The third-order valence-corrected chi connectivity index (χ3v) is 5.67. The summed E-state index contributed by atoms with van der Waals surface area (Å²) in [4.78, 5) is 14.7. The number of halogens is 1. The second-order valence-electron chi connectivity index (χ2n) is 8.02. The van der Waals surface area contributed by atoms with Crippen LogP contribution in [0.25, 0.3) is 0 Å². The highest BCUT2D eigenvalue weighted by molar-refractivity contribution is 7.89. The summed E-state index contributed by atoms with van der Waals surface area (Å²) in [5, 5.41) is 6.96. The predicted octanol–water partition coefficient (Wildman–Crippen LogP) is 3.27. The van der Waals surface area contributed by atoms with Crippen LogP contribution in [0.4, 0.5) is 4.39 Å². The molecule has 9 heteroatoms. The Morgan fingerprint density at radius 3 is 2.45 bits per heavy atom. The molecular formula is C20H24FN3O4S. The number of amides is 1. The van der Waals surface area contributed by atoms with E-state index in [1.165, 1.54) is 12.1 Å². The van der Waals surface area contributed by atoms with Gasteiger partial charge in [0.1, 0.15) is 11.6 Å². The van der Waals surface area contributed by atoms with Crippen LogP contribution >= 0.6 is 0 Å².